The van der Waals surface area contributed by atoms with Crippen LogP contribution < -0.4 is 9.80 Å². The molecule has 2 heterocycles. The molecule has 1 aliphatic rings. The van der Waals surface area contributed by atoms with Crippen LogP contribution in [0.1, 0.15) is 0 Å². The van der Waals surface area contributed by atoms with Gasteiger partial charge in [0.2, 0.25) is 5.95 Å². The average molecular weight is 190 g/mol. The van der Waals surface area contributed by atoms with Gasteiger partial charge in [0.05, 0.1) is 0 Å². The molecule has 14 heavy (non-hydrogen) atoms. The van der Waals surface area contributed by atoms with E-state index in [0.717, 1.165) is 24.9 Å². The maximum atomic E-state index is 4.46. The van der Waals surface area contributed by atoms with E-state index in [1.165, 1.54) is 0 Å². The maximum absolute atomic E-state index is 4.46. The van der Waals surface area contributed by atoms with Gasteiger partial charge in [0.1, 0.15) is 5.82 Å². The second kappa shape index (κ2) is 3.65. The van der Waals surface area contributed by atoms with Crippen LogP contribution in [-0.2, 0) is 0 Å². The molecule has 4 heteroatoms. The molecule has 0 aromatic carbocycles. The van der Waals surface area contributed by atoms with Crippen LogP contribution in [0.4, 0.5) is 11.8 Å². The summed E-state index contributed by atoms with van der Waals surface area (Å²) in [5.41, 5.74) is 0. The van der Waals surface area contributed by atoms with E-state index in [0.29, 0.717) is 0 Å². The first-order valence-electron chi connectivity index (χ1n) is 4.67. The van der Waals surface area contributed by atoms with Crippen molar-refractivity contribution in [1.29, 1.82) is 0 Å². The molecule has 0 fully saturated rings. The van der Waals surface area contributed by atoms with Gasteiger partial charge in [0, 0.05) is 33.4 Å². The largest absolute Gasteiger partial charge is 0.363 e. The molecule has 0 aliphatic carbocycles. The number of hydrogen-bond donors (Lipinski definition) is 0. The number of hydrogen-bond acceptors (Lipinski definition) is 4. The second-order valence-electron chi connectivity index (χ2n) is 3.49. The Balaban J connectivity index is 2.21. The van der Waals surface area contributed by atoms with E-state index in [2.05, 4.69) is 27.0 Å². The first-order valence-corrected chi connectivity index (χ1v) is 4.67. The topological polar surface area (TPSA) is 32.3 Å². The molecule has 0 bridgehead atoms. The van der Waals surface area contributed by atoms with Gasteiger partial charge in [-0.3, -0.25) is 0 Å². The molecule has 1 aliphatic heterocycles. The first kappa shape index (κ1) is 8.99. The molecule has 0 amide bonds. The maximum Gasteiger partial charge on any atom is 0.227 e. The van der Waals surface area contributed by atoms with Crippen molar-refractivity contribution in [2.24, 2.45) is 0 Å². The standard InChI is InChI=1S/C10H14N4/c1-13(2)9-5-6-11-10(12-9)14-7-3-4-8-14/h3-6H,7-8H2,1-2H3. The lowest BCUT2D eigenvalue weighted by Gasteiger charge is -2.17. The number of anilines is 2. The Labute approximate surface area is 83.9 Å². The Bertz CT molecular complexity index is 338. The van der Waals surface area contributed by atoms with Crippen molar-refractivity contribution in [3.63, 3.8) is 0 Å². The summed E-state index contributed by atoms with van der Waals surface area (Å²) in [4.78, 5) is 12.8. The molecular formula is C10H14N4. The van der Waals surface area contributed by atoms with Crippen molar-refractivity contribution in [3.05, 3.63) is 24.4 Å². The van der Waals surface area contributed by atoms with Crippen LogP contribution in [0.5, 0.6) is 0 Å². The third kappa shape index (κ3) is 1.69. The highest BCUT2D eigenvalue weighted by Crippen LogP contribution is 2.14. The van der Waals surface area contributed by atoms with Gasteiger partial charge in [-0.2, -0.15) is 4.98 Å². The Hall–Kier alpha value is -1.58. The fraction of sp³-hybridized carbons (Fsp3) is 0.400. The van der Waals surface area contributed by atoms with Crippen molar-refractivity contribution in [2.45, 2.75) is 0 Å². The van der Waals surface area contributed by atoms with Crippen LogP contribution in [0.3, 0.4) is 0 Å². The summed E-state index contributed by atoms with van der Waals surface area (Å²) in [5.74, 6) is 1.75. The van der Waals surface area contributed by atoms with E-state index in [1.54, 1.807) is 6.20 Å². The van der Waals surface area contributed by atoms with E-state index < -0.39 is 0 Å². The van der Waals surface area contributed by atoms with Gasteiger partial charge in [-0.15, -0.1) is 0 Å². The fourth-order valence-electron chi connectivity index (χ4n) is 1.38. The smallest absolute Gasteiger partial charge is 0.227 e. The van der Waals surface area contributed by atoms with Gasteiger partial charge in [-0.05, 0) is 6.07 Å². The summed E-state index contributed by atoms with van der Waals surface area (Å²) in [6, 6.07) is 1.91. The molecule has 0 saturated heterocycles. The summed E-state index contributed by atoms with van der Waals surface area (Å²) < 4.78 is 0. The zero-order valence-electron chi connectivity index (χ0n) is 8.51. The highest BCUT2D eigenvalue weighted by molar-refractivity contribution is 5.44. The highest BCUT2D eigenvalue weighted by atomic mass is 15.3. The van der Waals surface area contributed by atoms with E-state index in [9.17, 15) is 0 Å². The van der Waals surface area contributed by atoms with Gasteiger partial charge in [-0.25, -0.2) is 4.98 Å². The Morgan fingerprint density at radius 2 is 2.00 bits per heavy atom. The van der Waals surface area contributed by atoms with Gasteiger partial charge >= 0.3 is 0 Å². The molecule has 0 radical (unpaired) electrons. The van der Waals surface area contributed by atoms with Gasteiger partial charge < -0.3 is 9.80 Å². The van der Waals surface area contributed by atoms with E-state index in [-0.39, 0.29) is 0 Å². The molecule has 74 valence electrons. The molecule has 4 nitrogen and oxygen atoms in total. The monoisotopic (exact) mass is 190 g/mol. The number of rotatable bonds is 2. The minimum absolute atomic E-state index is 0.807. The lowest BCUT2D eigenvalue weighted by atomic mass is 10.5. The second-order valence-corrected chi connectivity index (χ2v) is 3.49. The van der Waals surface area contributed by atoms with E-state index in [1.807, 2.05) is 25.1 Å². The molecular weight excluding hydrogens is 176 g/mol. The molecule has 1 aromatic heterocycles. The van der Waals surface area contributed by atoms with Crippen LogP contribution in [0.25, 0.3) is 0 Å². The summed E-state index contributed by atoms with van der Waals surface area (Å²) in [6.45, 7) is 1.83. The number of nitrogens with zero attached hydrogens (tertiary/aromatic N) is 4. The molecule has 0 unspecified atom stereocenters. The van der Waals surface area contributed by atoms with Gasteiger partial charge in [-0.1, -0.05) is 12.2 Å². The van der Waals surface area contributed by atoms with Gasteiger partial charge in [0.25, 0.3) is 0 Å². The highest BCUT2D eigenvalue weighted by Gasteiger charge is 2.10. The lowest BCUT2D eigenvalue weighted by molar-refractivity contribution is 0.911. The summed E-state index contributed by atoms with van der Waals surface area (Å²) in [7, 11) is 3.96. The third-order valence-corrected chi connectivity index (χ3v) is 2.19. The normalized spacial score (nSPS) is 14.9. The Morgan fingerprint density at radius 1 is 1.29 bits per heavy atom. The van der Waals surface area contributed by atoms with Crippen molar-refractivity contribution in [2.75, 3.05) is 37.0 Å². The zero-order chi connectivity index (χ0) is 9.97. The molecule has 2 rings (SSSR count). The van der Waals surface area contributed by atoms with Crippen LogP contribution in [-0.4, -0.2) is 37.2 Å². The lowest BCUT2D eigenvalue weighted by Crippen LogP contribution is -2.22. The third-order valence-electron chi connectivity index (χ3n) is 2.19. The van der Waals surface area contributed by atoms with Gasteiger partial charge in [0.15, 0.2) is 0 Å². The van der Waals surface area contributed by atoms with Crippen molar-refractivity contribution >= 4 is 11.8 Å². The fourth-order valence-corrected chi connectivity index (χ4v) is 1.38. The Morgan fingerprint density at radius 3 is 2.64 bits per heavy atom. The number of aromatic nitrogens is 2. The average Bonchev–Trinajstić information content (AvgIpc) is 2.71. The SMILES string of the molecule is CN(C)c1ccnc(N2CC=CC2)n1. The molecule has 0 N–H and O–H groups in total. The van der Waals surface area contributed by atoms with E-state index >= 15 is 0 Å². The minimum atomic E-state index is 0.807. The predicted octanol–water partition coefficient (Wildman–Crippen LogP) is 0.919. The molecule has 0 saturated carbocycles. The summed E-state index contributed by atoms with van der Waals surface area (Å²) >= 11 is 0. The summed E-state index contributed by atoms with van der Waals surface area (Å²) in [6.07, 6.45) is 6.06. The van der Waals surface area contributed by atoms with Crippen molar-refractivity contribution in [1.82, 2.24) is 9.97 Å². The quantitative estimate of drug-likeness (QED) is 0.649. The van der Waals surface area contributed by atoms with Crippen LogP contribution >= 0.6 is 0 Å². The van der Waals surface area contributed by atoms with Crippen molar-refractivity contribution < 1.29 is 0 Å². The minimum Gasteiger partial charge on any atom is -0.363 e. The first-order chi connectivity index (χ1) is 6.77. The van der Waals surface area contributed by atoms with E-state index in [4.69, 9.17) is 0 Å². The van der Waals surface area contributed by atoms with Crippen molar-refractivity contribution in [3.8, 4) is 0 Å². The summed E-state index contributed by atoms with van der Waals surface area (Å²) in [5, 5.41) is 0. The molecule has 1 aromatic rings. The van der Waals surface area contributed by atoms with Crippen LogP contribution in [0.2, 0.25) is 0 Å². The predicted molar refractivity (Wildman–Crippen MR) is 57.7 cm³/mol. The zero-order valence-corrected chi connectivity index (χ0v) is 8.51. The van der Waals surface area contributed by atoms with Crippen LogP contribution in [0.15, 0.2) is 24.4 Å². The Kier molecular flexibility index (Phi) is 2.35. The van der Waals surface area contributed by atoms with Crippen LogP contribution in [0, 0.1) is 0 Å². The molecule has 0 spiro atoms. The molecule has 0 atom stereocenters.